The lowest BCUT2D eigenvalue weighted by Gasteiger charge is -2.25. The molecule has 7 nitrogen and oxygen atoms in total. The first-order valence-corrected chi connectivity index (χ1v) is 13.0. The number of nitrogens with zero attached hydrogens (tertiary/aromatic N) is 4. The van der Waals surface area contributed by atoms with Crippen molar-refractivity contribution in [3.05, 3.63) is 46.4 Å². The number of thioether (sulfide) groups is 1. The molecular weight excluding hydrogens is 434 g/mol. The molecule has 0 radical (unpaired) electrons. The molecule has 0 spiro atoms. The maximum Gasteiger partial charge on any atom is 0.284 e. The van der Waals surface area contributed by atoms with Crippen molar-refractivity contribution in [2.45, 2.75) is 87.7 Å². The number of hydrogen-bond donors (Lipinski definition) is 1. The minimum Gasteiger partial charge on any atom is -0.352 e. The summed E-state index contributed by atoms with van der Waals surface area (Å²) in [6, 6.07) is 9.78. The number of para-hydroxylation sites is 1. The van der Waals surface area contributed by atoms with Crippen LogP contribution in [0.1, 0.15) is 64.0 Å². The Bertz CT molecular complexity index is 1150. The molecule has 1 aromatic rings. The Labute approximate surface area is 198 Å². The zero-order valence-electron chi connectivity index (χ0n) is 19.1. The molecule has 8 heteroatoms. The van der Waals surface area contributed by atoms with E-state index in [0.29, 0.717) is 17.4 Å². The van der Waals surface area contributed by atoms with E-state index >= 15 is 0 Å². The Hall–Kier alpha value is -2.61. The highest BCUT2D eigenvalue weighted by molar-refractivity contribution is 8.00. The molecule has 0 bridgehead atoms. The third kappa shape index (κ3) is 4.58. The van der Waals surface area contributed by atoms with Crippen LogP contribution in [0, 0.1) is 0 Å². The van der Waals surface area contributed by atoms with E-state index < -0.39 is 0 Å². The highest BCUT2D eigenvalue weighted by atomic mass is 32.2. The van der Waals surface area contributed by atoms with Gasteiger partial charge in [0, 0.05) is 18.3 Å². The fraction of sp³-hybridized carbons (Fsp3) is 0.520. The quantitative estimate of drug-likeness (QED) is 0.451. The molecule has 3 aliphatic heterocycles. The number of aromatic nitrogens is 4. The molecule has 1 atom stereocenters. The largest absolute Gasteiger partial charge is 0.352 e. The van der Waals surface area contributed by atoms with Crippen molar-refractivity contribution in [3.63, 3.8) is 0 Å². The van der Waals surface area contributed by atoms with Crippen molar-refractivity contribution >= 4 is 17.7 Å². The first kappa shape index (κ1) is 22.2. The van der Waals surface area contributed by atoms with E-state index in [-0.39, 0.29) is 16.7 Å². The molecule has 1 amide bonds. The van der Waals surface area contributed by atoms with Crippen molar-refractivity contribution in [2.24, 2.45) is 0 Å². The lowest BCUT2D eigenvalue weighted by molar-refractivity contribution is -0.121. The average Bonchev–Trinajstić information content (AvgIpc) is 3.00. The van der Waals surface area contributed by atoms with E-state index in [4.69, 9.17) is 4.98 Å². The minimum absolute atomic E-state index is 0.0658. The fourth-order valence-corrected chi connectivity index (χ4v) is 5.92. The van der Waals surface area contributed by atoms with Crippen molar-refractivity contribution in [2.75, 3.05) is 0 Å². The second-order valence-electron chi connectivity index (χ2n) is 9.16. The Morgan fingerprint density at radius 2 is 1.85 bits per heavy atom. The standard InChI is InChI=1S/C25H31N5O2S/c1-17(23(31)26-18-11-5-2-6-12-18)33-25-27-22-21(20-15-9-4-10-16-29(20)25)24(32)30(28-22)19-13-7-3-8-14-19/h3,7-8,13-14,17-18H,2,4-6,9-12,15-16H2,1H3,(H,26,31). The maximum atomic E-state index is 13.4. The lowest BCUT2D eigenvalue weighted by atomic mass is 9.95. The molecular formula is C25H31N5O2S. The van der Waals surface area contributed by atoms with Gasteiger partial charge in [-0.25, -0.2) is 4.98 Å². The van der Waals surface area contributed by atoms with E-state index in [2.05, 4.69) is 15.0 Å². The van der Waals surface area contributed by atoms with E-state index in [1.54, 1.807) is 0 Å². The van der Waals surface area contributed by atoms with Crippen molar-refractivity contribution in [1.29, 1.82) is 0 Å². The van der Waals surface area contributed by atoms with Crippen molar-refractivity contribution < 1.29 is 4.79 Å². The van der Waals surface area contributed by atoms with Gasteiger partial charge in [-0.3, -0.25) is 9.59 Å². The number of benzene rings is 1. The van der Waals surface area contributed by atoms with Crippen LogP contribution in [0.3, 0.4) is 0 Å². The molecule has 0 aromatic heterocycles. The monoisotopic (exact) mass is 465 g/mol. The van der Waals surface area contributed by atoms with E-state index in [1.807, 2.05) is 37.3 Å². The zero-order chi connectivity index (χ0) is 22.8. The van der Waals surface area contributed by atoms with Gasteiger partial charge >= 0.3 is 0 Å². The summed E-state index contributed by atoms with van der Waals surface area (Å²) >= 11 is 1.48. The van der Waals surface area contributed by atoms with Gasteiger partial charge in [0.25, 0.3) is 5.56 Å². The second kappa shape index (κ2) is 9.71. The molecule has 1 N–H and O–H groups in total. The Balaban J connectivity index is 1.49. The molecule has 5 rings (SSSR count). The third-order valence-corrected chi connectivity index (χ3v) is 7.86. The minimum atomic E-state index is -0.264. The predicted molar refractivity (Wildman–Crippen MR) is 130 cm³/mol. The van der Waals surface area contributed by atoms with Crippen LogP contribution in [-0.4, -0.2) is 36.5 Å². The molecule has 0 saturated heterocycles. The Morgan fingerprint density at radius 1 is 1.09 bits per heavy atom. The van der Waals surface area contributed by atoms with E-state index in [0.717, 1.165) is 61.6 Å². The molecule has 33 heavy (non-hydrogen) atoms. The van der Waals surface area contributed by atoms with Gasteiger partial charge in [0.1, 0.15) is 5.56 Å². The molecule has 1 aromatic carbocycles. The van der Waals surface area contributed by atoms with Gasteiger partial charge in [-0.05, 0) is 51.2 Å². The number of rotatable bonds is 5. The summed E-state index contributed by atoms with van der Waals surface area (Å²) in [5.74, 6) is 0.537. The summed E-state index contributed by atoms with van der Waals surface area (Å²) in [5, 5.41) is 8.35. The van der Waals surface area contributed by atoms with Crippen LogP contribution in [0.5, 0.6) is 0 Å². The highest BCUT2D eigenvalue weighted by Gasteiger charge is 2.29. The summed E-state index contributed by atoms with van der Waals surface area (Å²) in [4.78, 5) is 31.1. The topological polar surface area (TPSA) is 81.8 Å². The van der Waals surface area contributed by atoms with Crippen LogP contribution >= 0.6 is 11.8 Å². The van der Waals surface area contributed by atoms with Crippen LogP contribution in [-0.2, 0) is 17.8 Å². The summed E-state index contributed by atoms with van der Waals surface area (Å²) in [5.41, 5.74) is 2.24. The molecule has 1 aliphatic carbocycles. The SMILES string of the molecule is CC(Sc1nc2nn(-c3ccccc3)c(=O)c-2c2n1CCCCC2)C(=O)NC1CCCCC1. The summed E-state index contributed by atoms with van der Waals surface area (Å²) in [6.07, 6.45) is 9.81. The van der Waals surface area contributed by atoms with Gasteiger partial charge in [0.05, 0.1) is 10.9 Å². The van der Waals surface area contributed by atoms with Gasteiger partial charge < -0.3 is 9.88 Å². The number of carbonyl (C=O) groups is 1. The fourth-order valence-electron chi connectivity index (χ4n) is 4.96. The third-order valence-electron chi connectivity index (χ3n) is 6.77. The summed E-state index contributed by atoms with van der Waals surface area (Å²) < 4.78 is 3.62. The van der Waals surface area contributed by atoms with Gasteiger partial charge in [0.2, 0.25) is 5.91 Å². The number of nitrogens with one attached hydrogen (secondary N) is 1. The van der Waals surface area contributed by atoms with E-state index in [9.17, 15) is 9.59 Å². The second-order valence-corrected chi connectivity index (χ2v) is 10.5. The van der Waals surface area contributed by atoms with Crippen LogP contribution in [0.25, 0.3) is 17.1 Å². The van der Waals surface area contributed by atoms with Crippen LogP contribution < -0.4 is 10.9 Å². The Kier molecular flexibility index (Phi) is 6.53. The Morgan fingerprint density at radius 3 is 2.64 bits per heavy atom. The zero-order valence-corrected chi connectivity index (χ0v) is 19.9. The molecule has 1 saturated carbocycles. The maximum absolute atomic E-state index is 13.4. The molecule has 4 aliphatic rings. The smallest absolute Gasteiger partial charge is 0.284 e. The summed E-state index contributed by atoms with van der Waals surface area (Å²) in [7, 11) is 0. The lowest BCUT2D eigenvalue weighted by Crippen LogP contribution is -2.40. The van der Waals surface area contributed by atoms with Gasteiger partial charge in [0.15, 0.2) is 11.0 Å². The number of carbonyl (C=O) groups excluding carboxylic acids is 1. The van der Waals surface area contributed by atoms with Gasteiger partial charge in [-0.1, -0.05) is 55.6 Å². The highest BCUT2D eigenvalue weighted by Crippen LogP contribution is 2.32. The number of amides is 1. The summed E-state index contributed by atoms with van der Waals surface area (Å²) in [6.45, 7) is 2.76. The van der Waals surface area contributed by atoms with E-state index in [1.165, 1.54) is 35.7 Å². The molecule has 174 valence electrons. The van der Waals surface area contributed by atoms with Gasteiger partial charge in [-0.15, -0.1) is 5.10 Å². The average molecular weight is 466 g/mol. The van der Waals surface area contributed by atoms with Crippen LogP contribution in [0.4, 0.5) is 0 Å². The van der Waals surface area contributed by atoms with Crippen LogP contribution in [0.15, 0.2) is 40.3 Å². The number of fused-ring (bicyclic) bond motifs is 3. The normalized spacial score (nSPS) is 18.0. The van der Waals surface area contributed by atoms with Gasteiger partial charge in [-0.2, -0.15) is 4.68 Å². The first-order valence-electron chi connectivity index (χ1n) is 12.2. The van der Waals surface area contributed by atoms with Crippen molar-refractivity contribution in [3.8, 4) is 17.1 Å². The molecule has 1 unspecified atom stereocenters. The van der Waals surface area contributed by atoms with Crippen molar-refractivity contribution in [1.82, 2.24) is 24.6 Å². The molecule has 1 fully saturated rings. The predicted octanol–water partition coefficient (Wildman–Crippen LogP) is 4.19. The number of hydrogen-bond acceptors (Lipinski definition) is 5. The first-order chi connectivity index (χ1) is 16.1. The van der Waals surface area contributed by atoms with Crippen LogP contribution in [0.2, 0.25) is 0 Å². The molecule has 3 heterocycles.